The first-order valence-electron chi connectivity index (χ1n) is 14.8. The van der Waals surface area contributed by atoms with Crippen LogP contribution in [0, 0.1) is 17.1 Å². The molecule has 13 heteroatoms. The van der Waals surface area contributed by atoms with Gasteiger partial charge in [0.15, 0.2) is 5.75 Å². The third-order valence-corrected chi connectivity index (χ3v) is 8.46. The molecule has 0 radical (unpaired) electrons. The fraction of sp³-hybridized carbons (Fsp3) is 0.333. The zero-order chi connectivity index (χ0) is 32.4. The summed E-state index contributed by atoms with van der Waals surface area (Å²) in [5.74, 6) is -1.22. The average molecular weight is 634 g/mol. The van der Waals surface area contributed by atoms with Crippen LogP contribution < -0.4 is 19.7 Å². The van der Waals surface area contributed by atoms with E-state index in [0.717, 1.165) is 5.56 Å². The predicted octanol–water partition coefficient (Wildman–Crippen LogP) is 3.96. The Morgan fingerprint density at radius 2 is 1.80 bits per heavy atom. The molecule has 3 aromatic carbocycles. The predicted molar refractivity (Wildman–Crippen MR) is 158 cm³/mol. The molecule has 0 saturated carbocycles. The van der Waals surface area contributed by atoms with Gasteiger partial charge in [0.2, 0.25) is 11.8 Å². The molecule has 238 valence electrons. The van der Waals surface area contributed by atoms with E-state index in [2.05, 4.69) is 15.0 Å². The summed E-state index contributed by atoms with van der Waals surface area (Å²) in [4.78, 5) is 42.5. The van der Waals surface area contributed by atoms with E-state index in [1.165, 1.54) is 17.0 Å². The Bertz CT molecular complexity index is 1720. The summed E-state index contributed by atoms with van der Waals surface area (Å²) in [6, 6.07) is 15.7. The highest BCUT2D eigenvalue weighted by Gasteiger charge is 2.40. The Morgan fingerprint density at radius 3 is 2.52 bits per heavy atom. The van der Waals surface area contributed by atoms with Gasteiger partial charge in [-0.2, -0.15) is 14.0 Å². The normalized spacial score (nSPS) is 18.4. The maximum Gasteiger partial charge on any atom is 0.387 e. The fourth-order valence-corrected chi connectivity index (χ4v) is 6.09. The first kappa shape index (κ1) is 30.9. The molecule has 0 spiro atoms. The number of ether oxygens (including phenoxy) is 2. The van der Waals surface area contributed by atoms with Crippen molar-refractivity contribution < 1.29 is 37.0 Å². The van der Waals surface area contributed by atoms with Crippen molar-refractivity contribution in [3.63, 3.8) is 0 Å². The van der Waals surface area contributed by atoms with Crippen molar-refractivity contribution in [2.24, 2.45) is 0 Å². The number of rotatable bonds is 9. The summed E-state index contributed by atoms with van der Waals surface area (Å²) in [5.41, 5.74) is 2.85. The molecule has 3 amide bonds. The number of alkyl halides is 2. The van der Waals surface area contributed by atoms with Crippen LogP contribution >= 0.6 is 0 Å². The second-order valence-electron chi connectivity index (χ2n) is 11.3. The molecule has 3 aliphatic heterocycles. The van der Waals surface area contributed by atoms with Gasteiger partial charge in [0.05, 0.1) is 23.9 Å². The second-order valence-corrected chi connectivity index (χ2v) is 11.3. The van der Waals surface area contributed by atoms with Crippen LogP contribution in [0.15, 0.2) is 54.6 Å². The third kappa shape index (κ3) is 6.48. The van der Waals surface area contributed by atoms with Crippen LogP contribution in [-0.2, 0) is 29.3 Å². The highest BCUT2D eigenvalue weighted by atomic mass is 19.3. The Labute approximate surface area is 262 Å². The molecule has 0 aromatic heterocycles. The molecule has 1 N–H and O–H groups in total. The van der Waals surface area contributed by atoms with Crippen molar-refractivity contribution in [2.75, 3.05) is 31.1 Å². The van der Waals surface area contributed by atoms with E-state index in [4.69, 9.17) is 10.00 Å². The van der Waals surface area contributed by atoms with Gasteiger partial charge in [-0.15, -0.1) is 0 Å². The monoisotopic (exact) mass is 633 g/mol. The number of halogens is 3. The molecule has 46 heavy (non-hydrogen) atoms. The van der Waals surface area contributed by atoms with Crippen molar-refractivity contribution in [1.82, 2.24) is 15.1 Å². The van der Waals surface area contributed by atoms with Gasteiger partial charge in [0.25, 0.3) is 5.91 Å². The number of fused-ring (bicyclic) bond motifs is 1. The first-order chi connectivity index (χ1) is 22.2. The van der Waals surface area contributed by atoms with E-state index in [0.29, 0.717) is 60.9 Å². The van der Waals surface area contributed by atoms with E-state index >= 15 is 4.39 Å². The Kier molecular flexibility index (Phi) is 8.81. The summed E-state index contributed by atoms with van der Waals surface area (Å²) < 4.78 is 51.7. The van der Waals surface area contributed by atoms with Crippen molar-refractivity contribution in [3.8, 4) is 17.6 Å². The Balaban J connectivity index is 1.05. The highest BCUT2D eigenvalue weighted by molar-refractivity contribution is 6.05. The smallest absolute Gasteiger partial charge is 0.387 e. The molecule has 1 atom stereocenters. The van der Waals surface area contributed by atoms with Crippen LogP contribution in [0.3, 0.4) is 0 Å². The number of benzene rings is 3. The van der Waals surface area contributed by atoms with E-state index in [-0.39, 0.29) is 49.1 Å². The minimum absolute atomic E-state index is 0.0407. The molecule has 6 rings (SSSR count). The second kappa shape index (κ2) is 13.1. The fourth-order valence-electron chi connectivity index (χ4n) is 6.09. The number of piperidine rings is 1. The van der Waals surface area contributed by atoms with Gasteiger partial charge >= 0.3 is 6.61 Å². The number of hydrogen-bond acceptors (Lipinski definition) is 8. The van der Waals surface area contributed by atoms with Crippen LogP contribution in [0.5, 0.6) is 11.5 Å². The zero-order valence-electron chi connectivity index (χ0n) is 24.7. The molecule has 0 aliphatic carbocycles. The van der Waals surface area contributed by atoms with Crippen LogP contribution in [-0.4, -0.2) is 66.4 Å². The van der Waals surface area contributed by atoms with E-state index < -0.39 is 24.4 Å². The number of hydrogen-bond donors (Lipinski definition) is 1. The summed E-state index contributed by atoms with van der Waals surface area (Å²) >= 11 is 0. The molecular weight excluding hydrogens is 603 g/mol. The summed E-state index contributed by atoms with van der Waals surface area (Å²) in [7, 11) is 0. The molecule has 3 aromatic rings. The van der Waals surface area contributed by atoms with Crippen LogP contribution in [0.25, 0.3) is 0 Å². The lowest BCUT2D eigenvalue weighted by molar-refractivity contribution is -0.136. The van der Waals surface area contributed by atoms with Gasteiger partial charge in [-0.1, -0.05) is 18.2 Å². The molecule has 0 bridgehead atoms. The maximum atomic E-state index is 15.2. The topological polar surface area (TPSA) is 115 Å². The summed E-state index contributed by atoms with van der Waals surface area (Å²) in [6.07, 6.45) is 0.409. The molecule has 0 unspecified atom stereocenters. The molecule has 3 heterocycles. The zero-order valence-corrected chi connectivity index (χ0v) is 24.7. The quantitative estimate of drug-likeness (QED) is 0.353. The number of nitrogens with zero attached hydrogens (tertiary/aromatic N) is 4. The summed E-state index contributed by atoms with van der Waals surface area (Å²) in [6.45, 7) is -0.161. The number of nitrogens with one attached hydrogen (secondary N) is 1. The number of imide groups is 1. The number of piperazine rings is 1. The van der Waals surface area contributed by atoms with Gasteiger partial charge in [-0.05, 0) is 42.3 Å². The van der Waals surface area contributed by atoms with Crippen LogP contribution in [0.2, 0.25) is 0 Å². The average Bonchev–Trinajstić information content (AvgIpc) is 3.37. The van der Waals surface area contributed by atoms with E-state index in [9.17, 15) is 23.2 Å². The van der Waals surface area contributed by atoms with Gasteiger partial charge < -0.3 is 19.3 Å². The Hall–Kier alpha value is -5.09. The number of carbonyl (C=O) groups excluding carboxylic acids is 3. The minimum atomic E-state index is -3.01. The molecular formula is C33H30F3N5O5. The van der Waals surface area contributed by atoms with Gasteiger partial charge in [0.1, 0.15) is 24.2 Å². The maximum absolute atomic E-state index is 15.2. The van der Waals surface area contributed by atoms with Gasteiger partial charge in [-0.25, -0.2) is 4.39 Å². The van der Waals surface area contributed by atoms with Crippen molar-refractivity contribution in [1.29, 1.82) is 5.26 Å². The summed E-state index contributed by atoms with van der Waals surface area (Å²) in [5, 5.41) is 11.4. The first-order valence-corrected chi connectivity index (χ1v) is 14.8. The molecule has 10 nitrogen and oxygen atoms in total. The lowest BCUT2D eigenvalue weighted by Crippen LogP contribution is -2.52. The lowest BCUT2D eigenvalue weighted by Gasteiger charge is -2.36. The van der Waals surface area contributed by atoms with Gasteiger partial charge in [-0.3, -0.25) is 24.6 Å². The number of nitriles is 1. The van der Waals surface area contributed by atoms with Crippen molar-refractivity contribution in [2.45, 2.75) is 45.2 Å². The number of anilines is 1. The number of amides is 3. The molecule has 2 fully saturated rings. The van der Waals surface area contributed by atoms with Crippen molar-refractivity contribution >= 4 is 23.4 Å². The standard InChI is InChI=1S/C33H30F3N5O5/c34-25-14-21(17-39-10-12-40(13-11-39)26-7-5-20(16-37)15-29(26)46-33(35)36)4-6-22(25)19-45-28-3-1-2-23-24(28)18-41(32(23)44)27-8-9-30(42)38-31(27)43/h1-7,14-15,27,33H,8-13,17-19H2,(H,38,42,43)/t27-/m0/s1. The highest BCUT2D eigenvalue weighted by Crippen LogP contribution is 2.35. The Morgan fingerprint density at radius 1 is 1.00 bits per heavy atom. The van der Waals surface area contributed by atoms with Crippen LogP contribution in [0.1, 0.15) is 45.5 Å². The van der Waals surface area contributed by atoms with E-state index in [1.54, 1.807) is 36.4 Å². The molecule has 2 saturated heterocycles. The minimum Gasteiger partial charge on any atom is -0.488 e. The molecule has 3 aliphatic rings. The lowest BCUT2D eigenvalue weighted by atomic mass is 10.0. The van der Waals surface area contributed by atoms with Crippen molar-refractivity contribution in [3.05, 3.63) is 88.2 Å². The third-order valence-electron chi connectivity index (χ3n) is 8.46. The van der Waals surface area contributed by atoms with Crippen LogP contribution in [0.4, 0.5) is 18.9 Å². The largest absolute Gasteiger partial charge is 0.488 e. The SMILES string of the molecule is N#Cc1ccc(N2CCN(Cc3ccc(COc4cccc5c4CN([C@H]4CCC(=O)NC4=O)C5=O)c(F)c3)CC2)c(OC(F)F)c1. The van der Waals surface area contributed by atoms with Gasteiger partial charge in [0, 0.05) is 61.9 Å². The number of carbonyl (C=O) groups is 3. The van der Waals surface area contributed by atoms with E-state index in [1.807, 2.05) is 17.0 Å².